The van der Waals surface area contributed by atoms with Crippen molar-refractivity contribution in [1.82, 2.24) is 5.32 Å². The summed E-state index contributed by atoms with van der Waals surface area (Å²) in [6.45, 7) is 0. The van der Waals surface area contributed by atoms with E-state index in [1.54, 1.807) is 18.9 Å². The van der Waals surface area contributed by atoms with Gasteiger partial charge in [0.05, 0.1) is 13.2 Å². The molecule has 1 fully saturated rings. The third kappa shape index (κ3) is 2.80. The maximum absolute atomic E-state index is 9.42. The van der Waals surface area contributed by atoms with Gasteiger partial charge >= 0.3 is 0 Å². The molecule has 0 amide bonds. The predicted molar refractivity (Wildman–Crippen MR) is 73.8 cm³/mol. The lowest BCUT2D eigenvalue weighted by atomic mass is 9.98. The molecule has 2 rings (SSSR count). The van der Waals surface area contributed by atoms with Crippen molar-refractivity contribution in [3.8, 4) is 11.8 Å². The van der Waals surface area contributed by atoms with Crippen molar-refractivity contribution >= 4 is 11.8 Å². The Balaban J connectivity index is 2.03. The number of hydrogen-bond acceptors (Lipinski definition) is 4. The van der Waals surface area contributed by atoms with Crippen LogP contribution in [-0.2, 0) is 0 Å². The lowest BCUT2D eigenvalue weighted by Crippen LogP contribution is -2.46. The van der Waals surface area contributed by atoms with Gasteiger partial charge in [-0.1, -0.05) is 6.07 Å². The van der Waals surface area contributed by atoms with Crippen LogP contribution in [0.1, 0.15) is 12.8 Å². The first-order chi connectivity index (χ1) is 8.74. The van der Waals surface area contributed by atoms with Gasteiger partial charge in [-0.3, -0.25) is 0 Å². The fourth-order valence-electron chi connectivity index (χ4n) is 2.04. The van der Waals surface area contributed by atoms with Gasteiger partial charge in [0.25, 0.3) is 0 Å². The van der Waals surface area contributed by atoms with Gasteiger partial charge in [0.2, 0.25) is 0 Å². The predicted octanol–water partition coefficient (Wildman–Crippen LogP) is 2.68. The number of nitrogens with one attached hydrogen (secondary N) is 1. The van der Waals surface area contributed by atoms with Gasteiger partial charge in [-0.15, -0.1) is 11.8 Å². The van der Waals surface area contributed by atoms with Crippen LogP contribution in [0.4, 0.5) is 0 Å². The Bertz CT molecular complexity index is 453. The summed E-state index contributed by atoms with van der Waals surface area (Å²) in [5.74, 6) is 2.14. The minimum atomic E-state index is -0.381. The standard InChI is InChI=1S/C14H18N2OS/c1-16-14(9-15,11-6-7-11)10-18-13-5-3-4-12(8-13)17-2/h3-5,8,11,16H,6-7,10H2,1-2H3. The lowest BCUT2D eigenvalue weighted by molar-refractivity contribution is 0.413. The second kappa shape index (κ2) is 5.64. The minimum absolute atomic E-state index is 0.381. The summed E-state index contributed by atoms with van der Waals surface area (Å²) in [5.41, 5.74) is -0.381. The van der Waals surface area contributed by atoms with E-state index in [0.717, 1.165) is 29.2 Å². The summed E-state index contributed by atoms with van der Waals surface area (Å²) in [7, 11) is 3.55. The summed E-state index contributed by atoms with van der Waals surface area (Å²) < 4.78 is 5.21. The second-order valence-corrected chi connectivity index (χ2v) is 5.62. The number of benzene rings is 1. The number of thioether (sulfide) groups is 1. The third-order valence-corrected chi connectivity index (χ3v) is 4.61. The van der Waals surface area contributed by atoms with E-state index in [-0.39, 0.29) is 5.54 Å². The molecule has 1 aromatic rings. The molecule has 0 heterocycles. The van der Waals surface area contributed by atoms with Gasteiger partial charge in [0, 0.05) is 10.6 Å². The Hall–Kier alpha value is -1.18. The molecule has 1 atom stereocenters. The van der Waals surface area contributed by atoms with Crippen molar-refractivity contribution in [2.45, 2.75) is 23.3 Å². The third-order valence-electron chi connectivity index (χ3n) is 3.43. The van der Waals surface area contributed by atoms with Crippen LogP contribution in [0.3, 0.4) is 0 Å². The number of methoxy groups -OCH3 is 1. The molecule has 1 aliphatic carbocycles. The number of rotatable bonds is 6. The van der Waals surface area contributed by atoms with E-state index in [9.17, 15) is 5.26 Å². The Morgan fingerprint density at radius 3 is 2.89 bits per heavy atom. The van der Waals surface area contributed by atoms with E-state index in [1.807, 2.05) is 25.2 Å². The van der Waals surface area contributed by atoms with Crippen molar-refractivity contribution < 1.29 is 4.74 Å². The maximum atomic E-state index is 9.42. The van der Waals surface area contributed by atoms with Gasteiger partial charge in [-0.2, -0.15) is 5.26 Å². The quantitative estimate of drug-likeness (QED) is 0.801. The van der Waals surface area contributed by atoms with E-state index < -0.39 is 0 Å². The van der Waals surface area contributed by atoms with Crippen LogP contribution >= 0.6 is 11.8 Å². The van der Waals surface area contributed by atoms with Crippen LogP contribution in [-0.4, -0.2) is 25.4 Å². The number of hydrogen-bond donors (Lipinski definition) is 1. The second-order valence-electron chi connectivity index (χ2n) is 4.58. The number of nitrogens with zero attached hydrogens (tertiary/aromatic N) is 1. The average Bonchev–Trinajstić information content (AvgIpc) is 3.26. The van der Waals surface area contributed by atoms with E-state index in [4.69, 9.17) is 4.74 Å². The zero-order valence-corrected chi connectivity index (χ0v) is 11.6. The highest BCUT2D eigenvalue weighted by molar-refractivity contribution is 7.99. The van der Waals surface area contributed by atoms with Gasteiger partial charge in [0.1, 0.15) is 11.3 Å². The summed E-state index contributed by atoms with van der Waals surface area (Å²) in [5, 5.41) is 12.6. The Labute approximate surface area is 113 Å². The molecule has 0 aromatic heterocycles. The van der Waals surface area contributed by atoms with E-state index in [0.29, 0.717) is 5.92 Å². The maximum Gasteiger partial charge on any atom is 0.119 e. The van der Waals surface area contributed by atoms with Crippen LogP contribution < -0.4 is 10.1 Å². The summed E-state index contributed by atoms with van der Waals surface area (Å²) in [6, 6.07) is 10.4. The normalized spacial score (nSPS) is 17.8. The van der Waals surface area contributed by atoms with Crippen molar-refractivity contribution in [2.75, 3.05) is 19.9 Å². The van der Waals surface area contributed by atoms with E-state index in [1.165, 1.54) is 0 Å². The molecule has 1 N–H and O–H groups in total. The monoisotopic (exact) mass is 262 g/mol. The molecular weight excluding hydrogens is 244 g/mol. The first-order valence-corrected chi connectivity index (χ1v) is 7.09. The Kier molecular flexibility index (Phi) is 4.15. The molecule has 1 aromatic carbocycles. The Morgan fingerprint density at radius 2 is 2.33 bits per heavy atom. The molecule has 3 nitrogen and oxygen atoms in total. The van der Waals surface area contributed by atoms with Gasteiger partial charge in [-0.05, 0) is 44.0 Å². The largest absolute Gasteiger partial charge is 0.497 e. The number of ether oxygens (including phenoxy) is 1. The molecule has 18 heavy (non-hydrogen) atoms. The van der Waals surface area contributed by atoms with Crippen LogP contribution in [0.5, 0.6) is 5.75 Å². The summed E-state index contributed by atoms with van der Waals surface area (Å²) in [6.07, 6.45) is 2.32. The average molecular weight is 262 g/mol. The highest BCUT2D eigenvalue weighted by Crippen LogP contribution is 2.42. The molecule has 0 saturated heterocycles. The molecule has 0 spiro atoms. The summed E-state index contributed by atoms with van der Waals surface area (Å²) >= 11 is 1.71. The molecule has 1 aliphatic rings. The van der Waals surface area contributed by atoms with Gasteiger partial charge < -0.3 is 10.1 Å². The van der Waals surface area contributed by atoms with E-state index in [2.05, 4.69) is 17.5 Å². The topological polar surface area (TPSA) is 45.0 Å². The Morgan fingerprint density at radius 1 is 1.56 bits per heavy atom. The zero-order chi connectivity index (χ0) is 13.0. The fraction of sp³-hybridized carbons (Fsp3) is 0.500. The van der Waals surface area contributed by atoms with Crippen LogP contribution in [0, 0.1) is 17.2 Å². The van der Waals surface area contributed by atoms with E-state index >= 15 is 0 Å². The zero-order valence-electron chi connectivity index (χ0n) is 10.8. The van der Waals surface area contributed by atoms with Crippen molar-refractivity contribution in [3.05, 3.63) is 24.3 Å². The fourth-order valence-corrected chi connectivity index (χ4v) is 3.25. The van der Waals surface area contributed by atoms with Gasteiger partial charge in [-0.25, -0.2) is 0 Å². The van der Waals surface area contributed by atoms with Gasteiger partial charge in [0.15, 0.2) is 0 Å². The first-order valence-electron chi connectivity index (χ1n) is 6.11. The minimum Gasteiger partial charge on any atom is -0.497 e. The van der Waals surface area contributed by atoms with Crippen LogP contribution in [0.15, 0.2) is 29.2 Å². The van der Waals surface area contributed by atoms with Crippen LogP contribution in [0.25, 0.3) is 0 Å². The molecule has 4 heteroatoms. The number of nitriles is 1. The van der Waals surface area contributed by atoms with Crippen molar-refractivity contribution in [1.29, 1.82) is 5.26 Å². The molecule has 0 bridgehead atoms. The molecule has 0 radical (unpaired) electrons. The van der Waals surface area contributed by atoms with Crippen molar-refractivity contribution in [3.63, 3.8) is 0 Å². The first kappa shape index (κ1) is 13.3. The molecular formula is C14H18N2OS. The molecule has 1 saturated carbocycles. The molecule has 96 valence electrons. The molecule has 1 unspecified atom stereocenters. The molecule has 0 aliphatic heterocycles. The van der Waals surface area contributed by atoms with Crippen LogP contribution in [0.2, 0.25) is 0 Å². The SMILES string of the molecule is CNC(C#N)(CSc1cccc(OC)c1)C1CC1. The highest BCUT2D eigenvalue weighted by atomic mass is 32.2. The highest BCUT2D eigenvalue weighted by Gasteiger charge is 2.44. The lowest BCUT2D eigenvalue weighted by Gasteiger charge is -2.25. The summed E-state index contributed by atoms with van der Waals surface area (Å²) in [4.78, 5) is 1.14. The smallest absolute Gasteiger partial charge is 0.119 e. The van der Waals surface area contributed by atoms with Crippen molar-refractivity contribution in [2.24, 2.45) is 5.92 Å².